The molecule has 0 aliphatic carbocycles. The van der Waals surface area contributed by atoms with Gasteiger partial charge in [-0.15, -0.1) is 0 Å². The highest BCUT2D eigenvalue weighted by atomic mass is 79.9. The number of nitrogens with zero attached hydrogens (tertiary/aromatic N) is 2. The highest BCUT2D eigenvalue weighted by molar-refractivity contribution is 9.10. The lowest BCUT2D eigenvalue weighted by Crippen LogP contribution is -1.99. The van der Waals surface area contributed by atoms with E-state index in [-0.39, 0.29) is 0 Å². The average Bonchev–Trinajstić information content (AvgIpc) is 2.50. The molecule has 84 valence electrons. The highest BCUT2D eigenvalue weighted by Gasteiger charge is 2.04. The van der Waals surface area contributed by atoms with Gasteiger partial charge >= 0.3 is 0 Å². The van der Waals surface area contributed by atoms with E-state index < -0.39 is 0 Å². The summed E-state index contributed by atoms with van der Waals surface area (Å²) in [5.74, 6) is 0.864. The van der Waals surface area contributed by atoms with Gasteiger partial charge in [0.25, 0.3) is 0 Å². The molecule has 1 heterocycles. The van der Waals surface area contributed by atoms with E-state index in [4.69, 9.17) is 0 Å². The van der Waals surface area contributed by atoms with Crippen molar-refractivity contribution in [1.82, 2.24) is 9.55 Å². The van der Waals surface area contributed by atoms with Crippen LogP contribution in [0, 0.1) is 13.8 Å². The molecule has 1 aromatic heterocycles. The molecular formula is C12H14BrN3. The van der Waals surface area contributed by atoms with Gasteiger partial charge in [0.15, 0.2) is 0 Å². The van der Waals surface area contributed by atoms with Crippen molar-refractivity contribution in [2.24, 2.45) is 7.05 Å². The first kappa shape index (κ1) is 11.2. The van der Waals surface area contributed by atoms with Gasteiger partial charge in [-0.05, 0) is 37.6 Å². The minimum Gasteiger partial charge on any atom is -0.325 e. The summed E-state index contributed by atoms with van der Waals surface area (Å²) >= 11 is 3.45. The number of hydrogen-bond acceptors (Lipinski definition) is 2. The van der Waals surface area contributed by atoms with Gasteiger partial charge in [0.1, 0.15) is 0 Å². The molecule has 0 radical (unpaired) electrons. The van der Waals surface area contributed by atoms with Gasteiger partial charge in [0, 0.05) is 23.4 Å². The molecule has 0 aliphatic heterocycles. The van der Waals surface area contributed by atoms with Crippen molar-refractivity contribution in [3.63, 3.8) is 0 Å². The van der Waals surface area contributed by atoms with E-state index in [1.165, 1.54) is 5.56 Å². The Kier molecular flexibility index (Phi) is 3.01. The molecule has 1 aromatic carbocycles. The Morgan fingerprint density at radius 3 is 2.62 bits per heavy atom. The normalized spacial score (nSPS) is 10.5. The maximum Gasteiger partial charge on any atom is 0.207 e. The largest absolute Gasteiger partial charge is 0.325 e. The van der Waals surface area contributed by atoms with Crippen LogP contribution in [0.15, 0.2) is 28.9 Å². The van der Waals surface area contributed by atoms with E-state index >= 15 is 0 Å². The van der Waals surface area contributed by atoms with Crippen LogP contribution in [0.4, 0.5) is 11.6 Å². The summed E-state index contributed by atoms with van der Waals surface area (Å²) in [5, 5.41) is 3.32. The molecule has 0 spiro atoms. The topological polar surface area (TPSA) is 29.9 Å². The standard InChI is InChI=1S/C12H14BrN3/c1-8-6-10(13)4-5-11(8)15-12-14-9(2)7-16(12)3/h4-7H,1-3H3,(H,14,15). The molecule has 1 N–H and O–H groups in total. The molecule has 0 saturated heterocycles. The molecule has 0 amide bonds. The fraction of sp³-hybridized carbons (Fsp3) is 0.250. The fourth-order valence-corrected chi connectivity index (χ4v) is 2.10. The number of benzene rings is 1. The number of anilines is 2. The number of nitrogens with one attached hydrogen (secondary N) is 1. The van der Waals surface area contributed by atoms with Crippen molar-refractivity contribution in [2.75, 3.05) is 5.32 Å². The smallest absolute Gasteiger partial charge is 0.207 e. The van der Waals surface area contributed by atoms with Crippen molar-refractivity contribution in [3.05, 3.63) is 40.1 Å². The Bertz CT molecular complexity index is 517. The zero-order valence-corrected chi connectivity index (χ0v) is 11.2. The van der Waals surface area contributed by atoms with Crippen LogP contribution in [0.2, 0.25) is 0 Å². The summed E-state index contributed by atoms with van der Waals surface area (Å²) in [7, 11) is 1.98. The summed E-state index contributed by atoms with van der Waals surface area (Å²) in [5.41, 5.74) is 3.28. The van der Waals surface area contributed by atoms with E-state index in [9.17, 15) is 0 Å². The summed E-state index contributed by atoms with van der Waals surface area (Å²) in [6, 6.07) is 6.15. The van der Waals surface area contributed by atoms with Crippen LogP contribution in [-0.2, 0) is 7.05 Å². The molecule has 0 bridgehead atoms. The summed E-state index contributed by atoms with van der Waals surface area (Å²) in [6.45, 7) is 4.06. The zero-order chi connectivity index (χ0) is 11.7. The van der Waals surface area contributed by atoms with Crippen LogP contribution in [0.25, 0.3) is 0 Å². The second kappa shape index (κ2) is 4.29. The SMILES string of the molecule is Cc1cn(C)c(Nc2ccc(Br)cc2C)n1. The fourth-order valence-electron chi connectivity index (χ4n) is 1.62. The van der Waals surface area contributed by atoms with Crippen molar-refractivity contribution in [3.8, 4) is 0 Å². The van der Waals surface area contributed by atoms with Gasteiger partial charge in [-0.25, -0.2) is 4.98 Å². The highest BCUT2D eigenvalue weighted by Crippen LogP contribution is 2.23. The predicted molar refractivity (Wildman–Crippen MR) is 70.1 cm³/mol. The number of imidazole rings is 1. The van der Waals surface area contributed by atoms with E-state index in [1.807, 2.05) is 36.9 Å². The lowest BCUT2D eigenvalue weighted by atomic mass is 10.2. The molecule has 0 atom stereocenters. The lowest BCUT2D eigenvalue weighted by Gasteiger charge is -2.09. The van der Waals surface area contributed by atoms with Crippen LogP contribution in [0.5, 0.6) is 0 Å². The third-order valence-corrected chi connectivity index (χ3v) is 2.93. The molecule has 0 aliphatic rings. The van der Waals surface area contributed by atoms with E-state index in [0.29, 0.717) is 0 Å². The first-order valence-electron chi connectivity index (χ1n) is 5.09. The minimum absolute atomic E-state index is 0.864. The molecular weight excluding hydrogens is 266 g/mol. The number of rotatable bonds is 2. The number of aromatic nitrogens is 2. The Labute approximate surface area is 104 Å². The molecule has 2 rings (SSSR count). The molecule has 4 heteroatoms. The molecule has 0 unspecified atom stereocenters. The second-order valence-corrected chi connectivity index (χ2v) is 4.82. The molecule has 0 saturated carbocycles. The summed E-state index contributed by atoms with van der Waals surface area (Å²) in [4.78, 5) is 4.41. The van der Waals surface area contributed by atoms with Crippen molar-refractivity contribution < 1.29 is 0 Å². The number of aryl methyl sites for hydroxylation is 3. The van der Waals surface area contributed by atoms with Gasteiger partial charge in [-0.2, -0.15) is 0 Å². The molecule has 16 heavy (non-hydrogen) atoms. The number of halogens is 1. The van der Waals surface area contributed by atoms with Gasteiger partial charge < -0.3 is 9.88 Å². The molecule has 0 fully saturated rings. The Hall–Kier alpha value is -1.29. The molecule has 3 nitrogen and oxygen atoms in total. The Morgan fingerprint density at radius 2 is 2.06 bits per heavy atom. The summed E-state index contributed by atoms with van der Waals surface area (Å²) < 4.78 is 3.07. The van der Waals surface area contributed by atoms with E-state index in [2.05, 4.69) is 39.2 Å². The maximum atomic E-state index is 4.41. The van der Waals surface area contributed by atoms with Crippen molar-refractivity contribution in [2.45, 2.75) is 13.8 Å². The van der Waals surface area contributed by atoms with Crippen LogP contribution in [-0.4, -0.2) is 9.55 Å². The predicted octanol–water partition coefficient (Wildman–Crippen LogP) is 3.54. The first-order chi connectivity index (χ1) is 7.56. The van der Waals surface area contributed by atoms with Crippen LogP contribution < -0.4 is 5.32 Å². The Morgan fingerprint density at radius 1 is 1.31 bits per heavy atom. The minimum atomic E-state index is 0.864. The summed E-state index contributed by atoms with van der Waals surface area (Å²) in [6.07, 6.45) is 2.00. The number of hydrogen-bond donors (Lipinski definition) is 1. The van der Waals surface area contributed by atoms with Crippen LogP contribution >= 0.6 is 15.9 Å². The zero-order valence-electron chi connectivity index (χ0n) is 9.58. The van der Waals surface area contributed by atoms with Crippen molar-refractivity contribution >= 4 is 27.6 Å². The second-order valence-electron chi connectivity index (χ2n) is 3.90. The Balaban J connectivity index is 2.30. The molecule has 2 aromatic rings. The van der Waals surface area contributed by atoms with Crippen LogP contribution in [0.1, 0.15) is 11.3 Å². The van der Waals surface area contributed by atoms with Gasteiger partial charge in [-0.1, -0.05) is 15.9 Å². The van der Waals surface area contributed by atoms with Crippen molar-refractivity contribution in [1.29, 1.82) is 0 Å². The lowest BCUT2D eigenvalue weighted by molar-refractivity contribution is 0.923. The third-order valence-electron chi connectivity index (χ3n) is 2.43. The first-order valence-corrected chi connectivity index (χ1v) is 5.88. The van der Waals surface area contributed by atoms with E-state index in [0.717, 1.165) is 21.8 Å². The van der Waals surface area contributed by atoms with Gasteiger partial charge in [-0.3, -0.25) is 0 Å². The maximum absolute atomic E-state index is 4.41. The van der Waals surface area contributed by atoms with Crippen LogP contribution in [0.3, 0.4) is 0 Å². The van der Waals surface area contributed by atoms with E-state index in [1.54, 1.807) is 0 Å². The van der Waals surface area contributed by atoms with Gasteiger partial charge in [0.2, 0.25) is 5.95 Å². The quantitative estimate of drug-likeness (QED) is 0.911. The monoisotopic (exact) mass is 279 g/mol. The average molecular weight is 280 g/mol. The third kappa shape index (κ3) is 2.27. The van der Waals surface area contributed by atoms with Gasteiger partial charge in [0.05, 0.1) is 5.69 Å².